The number of benzene rings is 2. The summed E-state index contributed by atoms with van der Waals surface area (Å²) in [5.74, 6) is 5.88. The molecule has 1 heterocycles. The van der Waals surface area contributed by atoms with E-state index >= 15 is 0 Å². The first kappa shape index (κ1) is 18.3. The van der Waals surface area contributed by atoms with Crippen molar-refractivity contribution in [1.82, 2.24) is 4.98 Å². The summed E-state index contributed by atoms with van der Waals surface area (Å²) in [4.78, 5) is 4.11. The highest BCUT2D eigenvalue weighted by Gasteiger charge is 2.15. The smallest absolute Gasteiger partial charge is 0.261 e. The molecular weight excluding hydrogens is 391 g/mol. The van der Waals surface area contributed by atoms with Gasteiger partial charge in [0.1, 0.15) is 5.69 Å². The molecule has 0 fully saturated rings. The monoisotopic (exact) mass is 402 g/mol. The molecule has 0 unspecified atom stereocenters. The van der Waals surface area contributed by atoms with Gasteiger partial charge in [-0.25, -0.2) is 13.4 Å². The van der Waals surface area contributed by atoms with Crippen LogP contribution in [0.25, 0.3) is 0 Å². The normalized spacial score (nSPS) is 10.7. The first-order valence-electron chi connectivity index (χ1n) is 7.44. The number of sulfonamides is 1. The van der Waals surface area contributed by atoms with E-state index < -0.39 is 10.0 Å². The Morgan fingerprint density at radius 2 is 1.65 bits per heavy atom. The van der Waals surface area contributed by atoms with Gasteiger partial charge in [-0.3, -0.25) is 4.72 Å². The lowest BCUT2D eigenvalue weighted by Gasteiger charge is -2.09. The summed E-state index contributed by atoms with van der Waals surface area (Å²) >= 11 is 11.8. The summed E-state index contributed by atoms with van der Waals surface area (Å²) in [6.07, 6.45) is 1.66. The number of halogens is 2. The Morgan fingerprint density at radius 1 is 0.885 bits per heavy atom. The minimum Gasteiger partial charge on any atom is -0.280 e. The Morgan fingerprint density at radius 3 is 2.35 bits per heavy atom. The maximum absolute atomic E-state index is 12.5. The highest BCUT2D eigenvalue weighted by atomic mass is 35.5. The summed E-state index contributed by atoms with van der Waals surface area (Å²) in [5.41, 5.74) is 1.67. The van der Waals surface area contributed by atoms with Crippen LogP contribution in [0.5, 0.6) is 0 Å². The van der Waals surface area contributed by atoms with Crippen LogP contribution < -0.4 is 4.72 Å². The van der Waals surface area contributed by atoms with Gasteiger partial charge in [-0.2, -0.15) is 0 Å². The number of hydrogen-bond donors (Lipinski definition) is 1. The molecule has 0 spiro atoms. The van der Waals surface area contributed by atoms with Crippen LogP contribution in [-0.2, 0) is 10.0 Å². The van der Waals surface area contributed by atoms with Crippen LogP contribution in [0.2, 0.25) is 10.0 Å². The van der Waals surface area contributed by atoms with Gasteiger partial charge in [0.15, 0.2) is 0 Å². The highest BCUT2D eigenvalue weighted by Crippen LogP contribution is 2.24. The molecule has 1 aromatic heterocycles. The molecule has 0 radical (unpaired) electrons. The summed E-state index contributed by atoms with van der Waals surface area (Å²) in [7, 11) is -3.82. The second-order valence-corrected chi connectivity index (χ2v) is 7.81. The number of aromatic nitrogens is 1. The number of nitrogens with zero attached hydrogens (tertiary/aromatic N) is 1. The molecule has 1 N–H and O–H groups in total. The lowest BCUT2D eigenvalue weighted by atomic mass is 10.2. The second-order valence-electron chi connectivity index (χ2n) is 5.26. The number of nitrogens with one attached hydrogen (secondary N) is 1. The van der Waals surface area contributed by atoms with Gasteiger partial charge in [0.05, 0.1) is 10.6 Å². The molecule has 4 nitrogen and oxygen atoms in total. The van der Waals surface area contributed by atoms with Crippen molar-refractivity contribution >= 4 is 38.9 Å². The van der Waals surface area contributed by atoms with Crippen molar-refractivity contribution in [2.45, 2.75) is 4.90 Å². The molecule has 0 aliphatic heterocycles. The number of rotatable bonds is 3. The minimum absolute atomic E-state index is 0.0139. The predicted molar refractivity (Wildman–Crippen MR) is 104 cm³/mol. The van der Waals surface area contributed by atoms with Crippen molar-refractivity contribution in [3.8, 4) is 11.8 Å². The zero-order valence-corrected chi connectivity index (χ0v) is 15.6. The van der Waals surface area contributed by atoms with Gasteiger partial charge in [-0.05, 0) is 54.5 Å². The van der Waals surface area contributed by atoms with E-state index in [1.807, 2.05) is 12.1 Å². The Balaban J connectivity index is 1.86. The molecule has 26 heavy (non-hydrogen) atoms. The molecule has 0 amide bonds. The fourth-order valence-corrected chi connectivity index (χ4v) is 3.91. The van der Waals surface area contributed by atoms with Gasteiger partial charge in [0.2, 0.25) is 0 Å². The van der Waals surface area contributed by atoms with Crippen LogP contribution in [0, 0.1) is 11.8 Å². The van der Waals surface area contributed by atoms with Gasteiger partial charge in [0, 0.05) is 21.8 Å². The first-order valence-corrected chi connectivity index (χ1v) is 9.68. The van der Waals surface area contributed by atoms with Crippen LogP contribution in [0.1, 0.15) is 11.3 Å². The molecular formula is C19H12Cl2N2O2S. The van der Waals surface area contributed by atoms with E-state index in [-0.39, 0.29) is 14.9 Å². The van der Waals surface area contributed by atoms with Gasteiger partial charge in [-0.1, -0.05) is 41.3 Å². The quantitative estimate of drug-likeness (QED) is 0.651. The van der Waals surface area contributed by atoms with E-state index in [1.54, 1.807) is 36.5 Å². The van der Waals surface area contributed by atoms with E-state index in [0.717, 1.165) is 0 Å². The summed E-state index contributed by atoms with van der Waals surface area (Å²) in [6, 6.07) is 16.4. The van der Waals surface area contributed by atoms with Crippen molar-refractivity contribution in [2.75, 3.05) is 4.72 Å². The summed E-state index contributed by atoms with van der Waals surface area (Å²) in [6.45, 7) is 0. The standard InChI is InChI=1S/C19H12Cl2N2O2S/c20-15-11-16(21)13-19(12-15)26(24,25)23-18-6-3-4-14(10-18)7-8-17-5-1-2-9-22-17/h1-6,9-13,23H. The third-order valence-corrected chi connectivity index (χ3v) is 5.06. The maximum atomic E-state index is 12.5. The molecule has 0 aliphatic rings. The first-order chi connectivity index (χ1) is 12.4. The zero-order chi connectivity index (χ0) is 18.6. The van der Waals surface area contributed by atoms with Crippen LogP contribution in [-0.4, -0.2) is 13.4 Å². The molecule has 0 saturated heterocycles. The van der Waals surface area contributed by atoms with E-state index in [2.05, 4.69) is 21.5 Å². The molecule has 0 atom stereocenters. The van der Waals surface area contributed by atoms with Gasteiger partial charge in [-0.15, -0.1) is 0 Å². The second kappa shape index (κ2) is 7.79. The summed E-state index contributed by atoms with van der Waals surface area (Å²) < 4.78 is 27.5. The fourth-order valence-electron chi connectivity index (χ4n) is 2.13. The number of anilines is 1. The van der Waals surface area contributed by atoms with Crippen molar-refractivity contribution < 1.29 is 8.42 Å². The van der Waals surface area contributed by atoms with Gasteiger partial charge < -0.3 is 0 Å². The number of pyridine rings is 1. The molecule has 2 aromatic carbocycles. The molecule has 7 heteroatoms. The van der Waals surface area contributed by atoms with E-state index in [1.165, 1.54) is 18.2 Å². The largest absolute Gasteiger partial charge is 0.280 e. The van der Waals surface area contributed by atoms with Crippen LogP contribution in [0.15, 0.2) is 71.8 Å². The lowest BCUT2D eigenvalue weighted by molar-refractivity contribution is 0.601. The molecule has 0 aliphatic carbocycles. The third kappa shape index (κ3) is 4.77. The van der Waals surface area contributed by atoms with Crippen molar-refractivity contribution in [1.29, 1.82) is 0 Å². The van der Waals surface area contributed by atoms with E-state index in [0.29, 0.717) is 16.9 Å². The van der Waals surface area contributed by atoms with Gasteiger partial charge >= 0.3 is 0 Å². The fraction of sp³-hybridized carbons (Fsp3) is 0. The van der Waals surface area contributed by atoms with Crippen molar-refractivity contribution in [3.05, 3.63) is 88.2 Å². The molecule has 3 rings (SSSR count). The molecule has 130 valence electrons. The molecule has 0 bridgehead atoms. The zero-order valence-electron chi connectivity index (χ0n) is 13.3. The Hall–Kier alpha value is -2.52. The Kier molecular flexibility index (Phi) is 5.48. The maximum Gasteiger partial charge on any atom is 0.261 e. The van der Waals surface area contributed by atoms with Gasteiger partial charge in [0.25, 0.3) is 10.0 Å². The van der Waals surface area contributed by atoms with Crippen LogP contribution in [0.4, 0.5) is 5.69 Å². The lowest BCUT2D eigenvalue weighted by Crippen LogP contribution is -2.13. The van der Waals surface area contributed by atoms with Crippen molar-refractivity contribution in [3.63, 3.8) is 0 Å². The number of hydrogen-bond acceptors (Lipinski definition) is 3. The Labute approximate surface area is 161 Å². The minimum atomic E-state index is -3.82. The summed E-state index contributed by atoms with van der Waals surface area (Å²) in [5, 5.41) is 0.487. The topological polar surface area (TPSA) is 59.1 Å². The average Bonchev–Trinajstić information content (AvgIpc) is 2.60. The van der Waals surface area contributed by atoms with E-state index in [4.69, 9.17) is 23.2 Å². The molecule has 0 saturated carbocycles. The Bertz CT molecular complexity index is 1080. The predicted octanol–water partition coefficient (Wildman–Crippen LogP) is 4.59. The van der Waals surface area contributed by atoms with Crippen LogP contribution in [0.3, 0.4) is 0 Å². The average molecular weight is 403 g/mol. The van der Waals surface area contributed by atoms with Crippen molar-refractivity contribution in [2.24, 2.45) is 0 Å². The van der Waals surface area contributed by atoms with E-state index in [9.17, 15) is 8.42 Å². The SMILES string of the molecule is O=S(=O)(Nc1cccc(C#Cc2ccccn2)c1)c1cc(Cl)cc(Cl)c1. The molecule has 3 aromatic rings. The highest BCUT2D eigenvalue weighted by molar-refractivity contribution is 7.92. The van der Waals surface area contributed by atoms with Crippen LogP contribution >= 0.6 is 23.2 Å². The third-order valence-electron chi connectivity index (χ3n) is 3.26.